The maximum absolute atomic E-state index is 5.13. The van der Waals surface area contributed by atoms with Gasteiger partial charge in [-0.05, 0) is 77.1 Å². The highest BCUT2D eigenvalue weighted by atomic mass is 15.0. The van der Waals surface area contributed by atoms with Gasteiger partial charge < -0.3 is 15.2 Å². The number of hydrogen-bond acceptors (Lipinski definition) is 3. The molecule has 0 amide bonds. The quantitative estimate of drug-likeness (QED) is 0.224. The zero-order chi connectivity index (χ0) is 28.6. The molecule has 8 rings (SSSR count). The third-order valence-corrected chi connectivity index (χ3v) is 8.36. The zero-order valence-electron chi connectivity index (χ0n) is 23.6. The molecular formula is C39H30N4. The van der Waals surface area contributed by atoms with Crippen LogP contribution < -0.4 is 10.6 Å². The van der Waals surface area contributed by atoms with Crippen molar-refractivity contribution >= 4 is 17.0 Å². The lowest BCUT2D eigenvalue weighted by molar-refractivity contribution is 0.722. The molecule has 2 aliphatic rings. The highest BCUT2D eigenvalue weighted by molar-refractivity contribution is 5.90. The van der Waals surface area contributed by atoms with Crippen molar-refractivity contribution in [3.63, 3.8) is 0 Å². The monoisotopic (exact) mass is 554 g/mol. The molecule has 0 fully saturated rings. The minimum Gasteiger partial charge on any atom is -0.387 e. The third-order valence-electron chi connectivity index (χ3n) is 8.36. The van der Waals surface area contributed by atoms with Crippen LogP contribution in [0.4, 0.5) is 0 Å². The van der Waals surface area contributed by atoms with Gasteiger partial charge in [-0.1, -0.05) is 97.1 Å². The van der Waals surface area contributed by atoms with Crippen molar-refractivity contribution in [2.24, 2.45) is 0 Å². The standard InChI is InChI=1S/C39H30N4/c1-2-8-27(9-3-1)28-13-15-30(16-14-28)36-24-31(25-37(42-36)35-11-6-7-22-41-35)29-17-19-32(20-18-29)43-38-12-5-4-10-33(38)34-26-40-23-21-39(34)43/h1-25,35,40-41H,26H2. The molecule has 2 aliphatic heterocycles. The maximum Gasteiger partial charge on any atom is 0.0869 e. The van der Waals surface area contributed by atoms with Crippen molar-refractivity contribution in [3.8, 4) is 39.2 Å². The molecule has 0 bridgehead atoms. The van der Waals surface area contributed by atoms with Crippen molar-refractivity contribution in [2.45, 2.75) is 12.6 Å². The number of para-hydroxylation sites is 1. The fraction of sp³-hybridized carbons (Fsp3) is 0.0513. The van der Waals surface area contributed by atoms with E-state index >= 15 is 0 Å². The molecule has 2 aromatic heterocycles. The first-order chi connectivity index (χ1) is 21.3. The van der Waals surface area contributed by atoms with Crippen molar-refractivity contribution in [1.29, 1.82) is 0 Å². The fourth-order valence-corrected chi connectivity index (χ4v) is 6.19. The number of fused-ring (bicyclic) bond motifs is 3. The normalized spacial score (nSPS) is 15.2. The van der Waals surface area contributed by atoms with Crippen LogP contribution in [0, 0.1) is 0 Å². The molecule has 4 nitrogen and oxygen atoms in total. The average molecular weight is 555 g/mol. The van der Waals surface area contributed by atoms with Gasteiger partial charge in [0, 0.05) is 28.7 Å². The van der Waals surface area contributed by atoms with E-state index in [9.17, 15) is 0 Å². The van der Waals surface area contributed by atoms with Crippen molar-refractivity contribution in [2.75, 3.05) is 0 Å². The highest BCUT2D eigenvalue weighted by Gasteiger charge is 2.19. The average Bonchev–Trinajstić information content (AvgIpc) is 3.43. The summed E-state index contributed by atoms with van der Waals surface area (Å²) in [5.74, 6) is 0. The van der Waals surface area contributed by atoms with E-state index in [1.165, 1.54) is 33.3 Å². The van der Waals surface area contributed by atoms with E-state index < -0.39 is 0 Å². The lowest BCUT2D eigenvalue weighted by Gasteiger charge is -2.18. The highest BCUT2D eigenvalue weighted by Crippen LogP contribution is 2.34. The molecule has 0 saturated carbocycles. The molecule has 43 heavy (non-hydrogen) atoms. The van der Waals surface area contributed by atoms with Crippen LogP contribution in [0.2, 0.25) is 0 Å². The minimum atomic E-state index is 0.0183. The molecule has 4 aromatic carbocycles. The van der Waals surface area contributed by atoms with Crippen LogP contribution in [0.25, 0.3) is 56.2 Å². The Morgan fingerprint density at radius 3 is 2.19 bits per heavy atom. The predicted octanol–water partition coefficient (Wildman–Crippen LogP) is 8.81. The molecule has 1 unspecified atom stereocenters. The zero-order valence-corrected chi connectivity index (χ0v) is 23.6. The third kappa shape index (κ3) is 4.63. The second-order valence-electron chi connectivity index (χ2n) is 11.0. The number of hydrogen-bond donors (Lipinski definition) is 2. The van der Waals surface area contributed by atoms with E-state index in [1.807, 2.05) is 24.5 Å². The second kappa shape index (κ2) is 10.7. The van der Waals surface area contributed by atoms with Gasteiger partial charge in [-0.25, -0.2) is 0 Å². The lowest BCUT2D eigenvalue weighted by atomic mass is 9.98. The van der Waals surface area contributed by atoms with Gasteiger partial charge in [0.15, 0.2) is 0 Å². The van der Waals surface area contributed by atoms with Gasteiger partial charge in [0.25, 0.3) is 0 Å². The van der Waals surface area contributed by atoms with E-state index in [-0.39, 0.29) is 6.04 Å². The number of dihydropyridines is 1. The number of benzene rings is 4. The van der Waals surface area contributed by atoms with E-state index in [4.69, 9.17) is 4.98 Å². The van der Waals surface area contributed by atoms with Crippen LogP contribution in [0.15, 0.2) is 146 Å². The Morgan fingerprint density at radius 1 is 0.651 bits per heavy atom. The Morgan fingerprint density at radius 2 is 1.37 bits per heavy atom. The summed E-state index contributed by atoms with van der Waals surface area (Å²) in [4.78, 5) is 5.13. The van der Waals surface area contributed by atoms with Crippen molar-refractivity contribution in [3.05, 3.63) is 163 Å². The molecule has 4 heterocycles. The summed E-state index contributed by atoms with van der Waals surface area (Å²) in [5.41, 5.74) is 12.7. The summed E-state index contributed by atoms with van der Waals surface area (Å²) in [7, 11) is 0. The number of pyridine rings is 1. The summed E-state index contributed by atoms with van der Waals surface area (Å²) in [5, 5.41) is 8.12. The summed E-state index contributed by atoms with van der Waals surface area (Å²) >= 11 is 0. The number of allylic oxidation sites excluding steroid dienone is 2. The summed E-state index contributed by atoms with van der Waals surface area (Å²) in [6.45, 7) is 0.838. The molecule has 4 heteroatoms. The van der Waals surface area contributed by atoms with Crippen LogP contribution >= 0.6 is 0 Å². The van der Waals surface area contributed by atoms with Gasteiger partial charge in [-0.2, -0.15) is 0 Å². The first-order valence-electron chi connectivity index (χ1n) is 14.7. The lowest BCUT2D eigenvalue weighted by Crippen LogP contribution is -2.16. The smallest absolute Gasteiger partial charge is 0.0869 e. The van der Waals surface area contributed by atoms with Gasteiger partial charge in [0.05, 0.1) is 28.6 Å². The Balaban J connectivity index is 1.19. The molecular weight excluding hydrogens is 524 g/mol. The second-order valence-corrected chi connectivity index (χ2v) is 11.0. The topological polar surface area (TPSA) is 41.9 Å². The largest absolute Gasteiger partial charge is 0.387 e. The van der Waals surface area contributed by atoms with Gasteiger partial charge in [0.2, 0.25) is 0 Å². The van der Waals surface area contributed by atoms with E-state index in [0.717, 1.165) is 40.3 Å². The first kappa shape index (κ1) is 25.1. The van der Waals surface area contributed by atoms with Gasteiger partial charge >= 0.3 is 0 Å². The van der Waals surface area contributed by atoms with E-state index in [1.54, 1.807) is 0 Å². The number of rotatable bonds is 5. The van der Waals surface area contributed by atoms with Gasteiger partial charge in [-0.3, -0.25) is 4.98 Å². The van der Waals surface area contributed by atoms with Crippen LogP contribution in [0.1, 0.15) is 23.0 Å². The predicted molar refractivity (Wildman–Crippen MR) is 177 cm³/mol. The first-order valence-corrected chi connectivity index (χ1v) is 14.7. The minimum absolute atomic E-state index is 0.0183. The van der Waals surface area contributed by atoms with Crippen molar-refractivity contribution in [1.82, 2.24) is 20.2 Å². The Kier molecular flexibility index (Phi) is 6.23. The number of nitrogens with one attached hydrogen (secondary N) is 2. The van der Waals surface area contributed by atoms with E-state index in [0.29, 0.717) is 0 Å². The summed E-state index contributed by atoms with van der Waals surface area (Å²) in [6.07, 6.45) is 12.4. The van der Waals surface area contributed by atoms with E-state index in [2.05, 4.69) is 143 Å². The molecule has 1 atom stereocenters. The molecule has 6 aromatic rings. The summed E-state index contributed by atoms with van der Waals surface area (Å²) in [6, 6.07) is 41.2. The molecule has 2 N–H and O–H groups in total. The van der Waals surface area contributed by atoms with Crippen LogP contribution in [-0.2, 0) is 6.54 Å². The maximum atomic E-state index is 5.13. The molecule has 0 radical (unpaired) electrons. The van der Waals surface area contributed by atoms with Crippen LogP contribution in [-0.4, -0.2) is 9.55 Å². The van der Waals surface area contributed by atoms with Crippen LogP contribution in [0.5, 0.6) is 0 Å². The molecule has 0 aliphatic carbocycles. The fourth-order valence-electron chi connectivity index (χ4n) is 6.19. The Labute approximate surface area is 251 Å². The number of aromatic nitrogens is 2. The number of nitrogens with zero attached hydrogens (tertiary/aromatic N) is 2. The molecule has 0 saturated heterocycles. The summed E-state index contributed by atoms with van der Waals surface area (Å²) < 4.78 is 2.37. The Bertz CT molecular complexity index is 2030. The SMILES string of the molecule is C1=CNC(c2cc(-c3ccc(-n4c5c(c6ccccc64)CNC=C5)cc3)cc(-c3ccc(-c4ccccc4)cc3)n2)C=C1. The van der Waals surface area contributed by atoms with Crippen molar-refractivity contribution < 1.29 is 0 Å². The molecule has 0 spiro atoms. The van der Waals surface area contributed by atoms with Gasteiger partial charge in [-0.15, -0.1) is 0 Å². The molecule has 206 valence electrons. The van der Waals surface area contributed by atoms with Gasteiger partial charge in [0.1, 0.15) is 0 Å². The Hall–Kier alpha value is -5.61. The van der Waals surface area contributed by atoms with Crippen LogP contribution in [0.3, 0.4) is 0 Å².